The molecule has 3 heteroatoms. The van der Waals surface area contributed by atoms with Crippen molar-refractivity contribution in [1.29, 1.82) is 0 Å². The van der Waals surface area contributed by atoms with Gasteiger partial charge in [0.15, 0.2) is 0 Å². The number of esters is 1. The third-order valence-electron chi connectivity index (χ3n) is 3.30. The van der Waals surface area contributed by atoms with Gasteiger partial charge < -0.3 is 10.5 Å². The van der Waals surface area contributed by atoms with Gasteiger partial charge in [-0.1, -0.05) is 60.7 Å². The standard InChI is InChI=1S/C18H21NO2/c19-17(14-16-10-5-2-6-11-16)18(20)21-13-7-12-15-8-3-1-4-9-15/h1-6,8-11,17H,7,12-14,19H2/t17-/m1/s1. The fourth-order valence-electron chi connectivity index (χ4n) is 2.15. The highest BCUT2D eigenvalue weighted by molar-refractivity contribution is 5.75. The van der Waals surface area contributed by atoms with Crippen molar-refractivity contribution in [3.63, 3.8) is 0 Å². The molecule has 2 aromatic rings. The molecule has 21 heavy (non-hydrogen) atoms. The number of benzene rings is 2. The lowest BCUT2D eigenvalue weighted by Gasteiger charge is -2.11. The van der Waals surface area contributed by atoms with Crippen LogP contribution in [0.3, 0.4) is 0 Å². The van der Waals surface area contributed by atoms with Gasteiger partial charge in [0.1, 0.15) is 6.04 Å². The SMILES string of the molecule is N[C@H](Cc1ccccc1)C(=O)OCCCc1ccccc1. The zero-order valence-electron chi connectivity index (χ0n) is 12.1. The Morgan fingerprint density at radius 1 is 0.952 bits per heavy atom. The molecule has 0 amide bonds. The third-order valence-corrected chi connectivity index (χ3v) is 3.30. The average molecular weight is 283 g/mol. The summed E-state index contributed by atoms with van der Waals surface area (Å²) in [5, 5.41) is 0. The smallest absolute Gasteiger partial charge is 0.323 e. The highest BCUT2D eigenvalue weighted by Gasteiger charge is 2.15. The van der Waals surface area contributed by atoms with E-state index < -0.39 is 6.04 Å². The predicted octanol–water partition coefficient (Wildman–Crippen LogP) is 2.73. The zero-order chi connectivity index (χ0) is 14.9. The maximum absolute atomic E-state index is 11.8. The quantitative estimate of drug-likeness (QED) is 0.628. The molecule has 0 spiro atoms. The summed E-state index contributed by atoms with van der Waals surface area (Å²) >= 11 is 0. The van der Waals surface area contributed by atoms with Crippen LogP contribution in [0.2, 0.25) is 0 Å². The van der Waals surface area contributed by atoms with Crippen molar-refractivity contribution in [3.05, 3.63) is 71.8 Å². The van der Waals surface area contributed by atoms with E-state index in [2.05, 4.69) is 12.1 Å². The highest BCUT2D eigenvalue weighted by atomic mass is 16.5. The Kier molecular flexibility index (Phi) is 5.98. The van der Waals surface area contributed by atoms with E-state index >= 15 is 0 Å². The van der Waals surface area contributed by atoms with Crippen molar-refractivity contribution in [2.24, 2.45) is 5.73 Å². The van der Waals surface area contributed by atoms with Crippen LogP contribution in [0.25, 0.3) is 0 Å². The average Bonchev–Trinajstić information content (AvgIpc) is 2.53. The molecule has 110 valence electrons. The molecule has 3 nitrogen and oxygen atoms in total. The topological polar surface area (TPSA) is 52.3 Å². The summed E-state index contributed by atoms with van der Waals surface area (Å²) in [6.45, 7) is 0.413. The minimum Gasteiger partial charge on any atom is -0.465 e. The predicted molar refractivity (Wildman–Crippen MR) is 83.8 cm³/mol. The molecule has 0 heterocycles. The Bertz CT molecular complexity index is 540. The molecule has 0 radical (unpaired) electrons. The first-order valence-electron chi connectivity index (χ1n) is 7.26. The van der Waals surface area contributed by atoms with Crippen molar-refractivity contribution < 1.29 is 9.53 Å². The Morgan fingerprint density at radius 2 is 1.52 bits per heavy atom. The van der Waals surface area contributed by atoms with Gasteiger partial charge in [-0.25, -0.2) is 0 Å². The third kappa shape index (κ3) is 5.40. The van der Waals surface area contributed by atoms with E-state index in [0.717, 1.165) is 18.4 Å². The molecule has 0 bridgehead atoms. The molecule has 0 aliphatic heterocycles. The highest BCUT2D eigenvalue weighted by Crippen LogP contribution is 2.05. The summed E-state index contributed by atoms with van der Waals surface area (Å²) < 4.78 is 5.23. The Labute approximate surface area is 125 Å². The number of hydrogen-bond donors (Lipinski definition) is 1. The van der Waals surface area contributed by atoms with Crippen LogP contribution in [0.15, 0.2) is 60.7 Å². The fraction of sp³-hybridized carbons (Fsp3) is 0.278. The number of ether oxygens (including phenoxy) is 1. The maximum Gasteiger partial charge on any atom is 0.323 e. The number of nitrogens with two attached hydrogens (primary N) is 1. The van der Waals surface area contributed by atoms with E-state index in [-0.39, 0.29) is 5.97 Å². The molecular weight excluding hydrogens is 262 g/mol. The minimum atomic E-state index is -0.593. The molecule has 0 fully saturated rings. The van der Waals surface area contributed by atoms with Gasteiger partial charge in [-0.2, -0.15) is 0 Å². The van der Waals surface area contributed by atoms with E-state index in [9.17, 15) is 4.79 Å². The van der Waals surface area contributed by atoms with Gasteiger partial charge in [0.25, 0.3) is 0 Å². The summed E-state index contributed by atoms with van der Waals surface area (Å²) in [7, 11) is 0. The molecule has 0 saturated heterocycles. The summed E-state index contributed by atoms with van der Waals surface area (Å²) in [5.41, 5.74) is 8.17. The van der Waals surface area contributed by atoms with Gasteiger partial charge in [-0.05, 0) is 30.4 Å². The maximum atomic E-state index is 11.8. The van der Waals surface area contributed by atoms with E-state index in [0.29, 0.717) is 13.0 Å². The lowest BCUT2D eigenvalue weighted by molar-refractivity contribution is -0.145. The fourth-order valence-corrected chi connectivity index (χ4v) is 2.15. The first-order valence-corrected chi connectivity index (χ1v) is 7.26. The van der Waals surface area contributed by atoms with Crippen molar-refractivity contribution in [1.82, 2.24) is 0 Å². The Morgan fingerprint density at radius 3 is 2.14 bits per heavy atom. The summed E-state index contributed by atoms with van der Waals surface area (Å²) in [6, 6.07) is 19.3. The normalized spacial score (nSPS) is 11.9. The number of carbonyl (C=O) groups excluding carboxylic acids is 1. The monoisotopic (exact) mass is 283 g/mol. The largest absolute Gasteiger partial charge is 0.465 e. The number of rotatable bonds is 7. The molecule has 1 atom stereocenters. The molecular formula is C18H21NO2. The minimum absolute atomic E-state index is 0.327. The van der Waals surface area contributed by atoms with Crippen LogP contribution in [0.1, 0.15) is 17.5 Å². The molecule has 0 aromatic heterocycles. The van der Waals surface area contributed by atoms with Gasteiger partial charge in [-0.3, -0.25) is 4.79 Å². The second-order valence-electron chi connectivity index (χ2n) is 5.05. The molecule has 2 aromatic carbocycles. The first-order chi connectivity index (χ1) is 10.3. The molecule has 2 rings (SSSR count). The lowest BCUT2D eigenvalue weighted by Crippen LogP contribution is -2.34. The van der Waals surface area contributed by atoms with Crippen LogP contribution in [0, 0.1) is 0 Å². The van der Waals surface area contributed by atoms with E-state index in [1.807, 2.05) is 48.5 Å². The molecule has 2 N–H and O–H groups in total. The van der Waals surface area contributed by atoms with E-state index in [4.69, 9.17) is 10.5 Å². The van der Waals surface area contributed by atoms with E-state index in [1.54, 1.807) is 0 Å². The summed E-state index contributed by atoms with van der Waals surface area (Å²) in [6.07, 6.45) is 2.23. The Hall–Kier alpha value is -2.13. The van der Waals surface area contributed by atoms with Crippen LogP contribution >= 0.6 is 0 Å². The van der Waals surface area contributed by atoms with Gasteiger partial charge in [-0.15, -0.1) is 0 Å². The molecule has 0 aliphatic carbocycles. The van der Waals surface area contributed by atoms with Crippen molar-refractivity contribution in [3.8, 4) is 0 Å². The van der Waals surface area contributed by atoms with Gasteiger partial charge in [0.2, 0.25) is 0 Å². The second kappa shape index (κ2) is 8.22. The van der Waals surface area contributed by atoms with Crippen molar-refractivity contribution in [2.45, 2.75) is 25.3 Å². The molecule has 0 saturated carbocycles. The van der Waals surface area contributed by atoms with Crippen LogP contribution < -0.4 is 5.73 Å². The molecule has 0 unspecified atom stereocenters. The van der Waals surface area contributed by atoms with Crippen LogP contribution in [-0.2, 0) is 22.4 Å². The zero-order valence-corrected chi connectivity index (χ0v) is 12.1. The summed E-state index contributed by atoms with van der Waals surface area (Å²) in [4.78, 5) is 11.8. The van der Waals surface area contributed by atoms with Gasteiger partial charge in [0, 0.05) is 0 Å². The van der Waals surface area contributed by atoms with Gasteiger partial charge in [0.05, 0.1) is 6.61 Å². The van der Waals surface area contributed by atoms with Crippen molar-refractivity contribution in [2.75, 3.05) is 6.61 Å². The molecule has 0 aliphatic rings. The number of carbonyl (C=O) groups is 1. The second-order valence-corrected chi connectivity index (χ2v) is 5.05. The van der Waals surface area contributed by atoms with Crippen LogP contribution in [-0.4, -0.2) is 18.6 Å². The Balaban J connectivity index is 1.67. The van der Waals surface area contributed by atoms with E-state index in [1.165, 1.54) is 5.56 Å². The number of aryl methyl sites for hydroxylation is 1. The number of hydrogen-bond acceptors (Lipinski definition) is 3. The first kappa shape index (κ1) is 15.3. The van der Waals surface area contributed by atoms with Crippen molar-refractivity contribution >= 4 is 5.97 Å². The van der Waals surface area contributed by atoms with Crippen LogP contribution in [0.4, 0.5) is 0 Å². The summed E-state index contributed by atoms with van der Waals surface area (Å²) in [5.74, 6) is -0.327. The lowest BCUT2D eigenvalue weighted by atomic mass is 10.1. The van der Waals surface area contributed by atoms with Gasteiger partial charge >= 0.3 is 5.97 Å². The van der Waals surface area contributed by atoms with Crippen LogP contribution in [0.5, 0.6) is 0 Å².